The summed E-state index contributed by atoms with van der Waals surface area (Å²) in [5.74, 6) is 0.214. The summed E-state index contributed by atoms with van der Waals surface area (Å²) in [6.07, 6.45) is 3.44. The van der Waals surface area contributed by atoms with Gasteiger partial charge in [0.2, 0.25) is 0 Å². The number of aliphatic hydroxyl groups is 3. The highest BCUT2D eigenvalue weighted by atomic mass is 16.3. The van der Waals surface area contributed by atoms with Crippen molar-refractivity contribution in [2.75, 3.05) is 0 Å². The molecule has 88 valence electrons. The molecule has 1 saturated carbocycles. The summed E-state index contributed by atoms with van der Waals surface area (Å²) in [5, 5.41) is 29.2. The average molecular weight is 224 g/mol. The van der Waals surface area contributed by atoms with Crippen molar-refractivity contribution in [2.24, 2.45) is 0 Å². The summed E-state index contributed by atoms with van der Waals surface area (Å²) in [7, 11) is 0. The van der Waals surface area contributed by atoms with Gasteiger partial charge in [0, 0.05) is 6.20 Å². The lowest BCUT2D eigenvalue weighted by Crippen LogP contribution is -2.43. The predicted molar refractivity (Wildman–Crippen MR) is 56.3 cm³/mol. The maximum Gasteiger partial charge on any atom is 0.163 e. The first-order valence-corrected chi connectivity index (χ1v) is 5.50. The third kappa shape index (κ3) is 1.93. The van der Waals surface area contributed by atoms with E-state index in [9.17, 15) is 10.2 Å². The van der Waals surface area contributed by atoms with Gasteiger partial charge in [-0.05, 0) is 25.3 Å². The molecule has 2 rings (SSSR count). The molecule has 0 unspecified atom stereocenters. The molecule has 16 heavy (non-hydrogen) atoms. The minimum Gasteiger partial charge on any atom is -0.390 e. The summed E-state index contributed by atoms with van der Waals surface area (Å²) in [6.45, 7) is -0.193. The molecule has 2 atom stereocenters. The highest BCUT2D eigenvalue weighted by Crippen LogP contribution is 2.35. The number of aliphatic hydroxyl groups excluding tert-OH is 2. The van der Waals surface area contributed by atoms with Gasteiger partial charge >= 0.3 is 0 Å². The third-order valence-electron chi connectivity index (χ3n) is 3.10. The first-order chi connectivity index (χ1) is 7.66. The Kier molecular flexibility index (Phi) is 3.18. The molecular formula is C11H16N2O3. The molecule has 0 amide bonds. The van der Waals surface area contributed by atoms with Crippen molar-refractivity contribution in [3.63, 3.8) is 0 Å². The molecule has 0 spiro atoms. The SMILES string of the molecule is OCc1ccnc([C@]2(O)CCCC[C@H]2O)n1. The molecule has 3 N–H and O–H groups in total. The largest absolute Gasteiger partial charge is 0.390 e. The van der Waals surface area contributed by atoms with Gasteiger partial charge < -0.3 is 15.3 Å². The molecule has 0 bridgehead atoms. The van der Waals surface area contributed by atoms with Crippen molar-refractivity contribution >= 4 is 0 Å². The predicted octanol–water partition coefficient (Wildman–Crippen LogP) is 0.0914. The van der Waals surface area contributed by atoms with E-state index in [-0.39, 0.29) is 12.4 Å². The zero-order chi connectivity index (χ0) is 11.6. The van der Waals surface area contributed by atoms with Gasteiger partial charge in [-0.1, -0.05) is 6.42 Å². The maximum absolute atomic E-state index is 10.4. The van der Waals surface area contributed by atoms with Crippen LogP contribution in [0.1, 0.15) is 37.2 Å². The van der Waals surface area contributed by atoms with E-state index < -0.39 is 11.7 Å². The first-order valence-electron chi connectivity index (χ1n) is 5.50. The molecule has 1 fully saturated rings. The van der Waals surface area contributed by atoms with Crippen molar-refractivity contribution in [1.29, 1.82) is 0 Å². The lowest BCUT2D eigenvalue weighted by molar-refractivity contribution is -0.111. The Bertz CT molecular complexity index is 372. The molecule has 5 heteroatoms. The van der Waals surface area contributed by atoms with E-state index in [0.717, 1.165) is 12.8 Å². The van der Waals surface area contributed by atoms with Gasteiger partial charge in [-0.2, -0.15) is 0 Å². The molecule has 1 aliphatic rings. The molecule has 0 radical (unpaired) electrons. The Balaban J connectivity index is 2.33. The highest BCUT2D eigenvalue weighted by Gasteiger charge is 2.42. The van der Waals surface area contributed by atoms with E-state index in [0.29, 0.717) is 18.5 Å². The van der Waals surface area contributed by atoms with E-state index in [1.54, 1.807) is 6.07 Å². The number of nitrogens with zero attached hydrogens (tertiary/aromatic N) is 2. The van der Waals surface area contributed by atoms with Crippen LogP contribution in [-0.4, -0.2) is 31.4 Å². The van der Waals surface area contributed by atoms with Gasteiger partial charge in [0.1, 0.15) is 5.60 Å². The fourth-order valence-electron chi connectivity index (χ4n) is 2.09. The molecule has 1 aliphatic carbocycles. The second-order valence-corrected chi connectivity index (χ2v) is 4.22. The zero-order valence-electron chi connectivity index (χ0n) is 9.00. The Morgan fingerprint density at radius 2 is 2.25 bits per heavy atom. The van der Waals surface area contributed by atoms with Crippen LogP contribution in [0.15, 0.2) is 12.3 Å². The highest BCUT2D eigenvalue weighted by molar-refractivity contribution is 5.10. The fourth-order valence-corrected chi connectivity index (χ4v) is 2.09. The molecular weight excluding hydrogens is 208 g/mol. The normalized spacial score (nSPS) is 30.3. The smallest absolute Gasteiger partial charge is 0.163 e. The van der Waals surface area contributed by atoms with E-state index >= 15 is 0 Å². The number of aromatic nitrogens is 2. The summed E-state index contributed by atoms with van der Waals surface area (Å²) >= 11 is 0. The Labute approximate surface area is 93.8 Å². The van der Waals surface area contributed by atoms with Gasteiger partial charge in [0.15, 0.2) is 5.82 Å². The number of hydrogen-bond acceptors (Lipinski definition) is 5. The molecule has 0 aliphatic heterocycles. The Hall–Kier alpha value is -1.04. The average Bonchev–Trinajstić information content (AvgIpc) is 2.33. The van der Waals surface area contributed by atoms with Crippen molar-refractivity contribution in [3.05, 3.63) is 23.8 Å². The topological polar surface area (TPSA) is 86.5 Å². The second kappa shape index (κ2) is 4.45. The first kappa shape index (κ1) is 11.4. The van der Waals surface area contributed by atoms with Gasteiger partial charge in [0.05, 0.1) is 18.4 Å². The molecule has 1 aromatic heterocycles. The molecule has 0 aromatic carbocycles. The van der Waals surface area contributed by atoms with Gasteiger partial charge in [-0.15, -0.1) is 0 Å². The lowest BCUT2D eigenvalue weighted by Gasteiger charge is -2.35. The zero-order valence-corrected chi connectivity index (χ0v) is 9.00. The van der Waals surface area contributed by atoms with Crippen molar-refractivity contribution in [2.45, 2.75) is 44.0 Å². The minimum atomic E-state index is -1.36. The van der Waals surface area contributed by atoms with Gasteiger partial charge in [-0.3, -0.25) is 0 Å². The van der Waals surface area contributed by atoms with E-state index in [4.69, 9.17) is 5.11 Å². The van der Waals surface area contributed by atoms with E-state index in [1.807, 2.05) is 0 Å². The maximum atomic E-state index is 10.4. The van der Waals surface area contributed by atoms with E-state index in [2.05, 4.69) is 9.97 Å². The van der Waals surface area contributed by atoms with Gasteiger partial charge in [-0.25, -0.2) is 9.97 Å². The lowest BCUT2D eigenvalue weighted by atomic mass is 9.81. The van der Waals surface area contributed by atoms with Crippen LogP contribution in [0.25, 0.3) is 0 Å². The molecule has 5 nitrogen and oxygen atoms in total. The Morgan fingerprint density at radius 1 is 1.44 bits per heavy atom. The summed E-state index contributed by atoms with van der Waals surface area (Å²) in [6, 6.07) is 1.59. The van der Waals surface area contributed by atoms with Crippen LogP contribution in [0.5, 0.6) is 0 Å². The van der Waals surface area contributed by atoms with E-state index in [1.165, 1.54) is 6.20 Å². The van der Waals surface area contributed by atoms with Crippen LogP contribution in [0.4, 0.5) is 0 Å². The molecule has 1 aromatic rings. The second-order valence-electron chi connectivity index (χ2n) is 4.22. The fraction of sp³-hybridized carbons (Fsp3) is 0.636. The molecule has 1 heterocycles. The Morgan fingerprint density at radius 3 is 2.94 bits per heavy atom. The molecule has 0 saturated heterocycles. The monoisotopic (exact) mass is 224 g/mol. The van der Waals surface area contributed by atoms with Crippen LogP contribution in [0.3, 0.4) is 0 Å². The summed E-state index contributed by atoms with van der Waals surface area (Å²) in [4.78, 5) is 8.07. The number of hydrogen-bond donors (Lipinski definition) is 3. The van der Waals surface area contributed by atoms with Gasteiger partial charge in [0.25, 0.3) is 0 Å². The standard InChI is InChI=1S/C11H16N2O3/c14-7-8-4-6-12-10(13-8)11(16)5-2-1-3-9(11)15/h4,6,9,14-16H,1-3,5,7H2/t9-,11+/m1/s1. The summed E-state index contributed by atoms with van der Waals surface area (Å²) in [5.41, 5.74) is -0.903. The minimum absolute atomic E-state index is 0.193. The quantitative estimate of drug-likeness (QED) is 0.663. The third-order valence-corrected chi connectivity index (χ3v) is 3.10. The van der Waals surface area contributed by atoms with Crippen LogP contribution in [0.2, 0.25) is 0 Å². The van der Waals surface area contributed by atoms with Crippen LogP contribution < -0.4 is 0 Å². The van der Waals surface area contributed by atoms with Crippen molar-refractivity contribution < 1.29 is 15.3 Å². The van der Waals surface area contributed by atoms with Crippen molar-refractivity contribution in [1.82, 2.24) is 9.97 Å². The van der Waals surface area contributed by atoms with Crippen LogP contribution in [0, 0.1) is 0 Å². The summed E-state index contributed by atoms with van der Waals surface area (Å²) < 4.78 is 0. The van der Waals surface area contributed by atoms with Crippen molar-refractivity contribution in [3.8, 4) is 0 Å². The van der Waals surface area contributed by atoms with Crippen LogP contribution in [-0.2, 0) is 12.2 Å². The van der Waals surface area contributed by atoms with Crippen LogP contribution >= 0.6 is 0 Å². The number of rotatable bonds is 2.